The van der Waals surface area contributed by atoms with Crippen LogP contribution in [0.4, 0.5) is 0 Å². The van der Waals surface area contributed by atoms with Gasteiger partial charge in [0.25, 0.3) is 0 Å². The summed E-state index contributed by atoms with van der Waals surface area (Å²) in [6.07, 6.45) is 5.92. The van der Waals surface area contributed by atoms with E-state index in [0.29, 0.717) is 5.92 Å². The SMILES string of the molecule is OCCC1(CO)CC2CCC1C2. The van der Waals surface area contributed by atoms with Gasteiger partial charge in [0.2, 0.25) is 0 Å². The summed E-state index contributed by atoms with van der Waals surface area (Å²) < 4.78 is 0. The highest BCUT2D eigenvalue weighted by molar-refractivity contribution is 4.99. The molecular formula is C10H18O2. The average Bonchev–Trinajstić information content (AvgIpc) is 2.64. The van der Waals surface area contributed by atoms with E-state index in [1.54, 1.807) is 0 Å². The topological polar surface area (TPSA) is 40.5 Å². The van der Waals surface area contributed by atoms with Crippen molar-refractivity contribution in [3.05, 3.63) is 0 Å². The lowest BCUT2D eigenvalue weighted by atomic mass is 9.71. The summed E-state index contributed by atoms with van der Waals surface area (Å²) in [4.78, 5) is 0. The van der Waals surface area contributed by atoms with Crippen LogP contribution in [-0.2, 0) is 0 Å². The van der Waals surface area contributed by atoms with Gasteiger partial charge < -0.3 is 10.2 Å². The molecule has 3 unspecified atom stereocenters. The Labute approximate surface area is 73.6 Å². The molecule has 0 aromatic heterocycles. The Balaban J connectivity index is 2.08. The fraction of sp³-hybridized carbons (Fsp3) is 1.00. The van der Waals surface area contributed by atoms with Crippen LogP contribution in [0.15, 0.2) is 0 Å². The molecule has 2 rings (SSSR count). The van der Waals surface area contributed by atoms with E-state index < -0.39 is 0 Å². The van der Waals surface area contributed by atoms with Crippen LogP contribution in [0.3, 0.4) is 0 Å². The lowest BCUT2D eigenvalue weighted by Crippen LogP contribution is -2.32. The molecule has 0 spiro atoms. The highest BCUT2D eigenvalue weighted by atomic mass is 16.3. The third kappa shape index (κ3) is 1.09. The zero-order valence-electron chi connectivity index (χ0n) is 7.50. The first-order chi connectivity index (χ1) is 5.80. The van der Waals surface area contributed by atoms with Crippen molar-refractivity contribution in [3.63, 3.8) is 0 Å². The van der Waals surface area contributed by atoms with Crippen LogP contribution in [0.5, 0.6) is 0 Å². The zero-order valence-corrected chi connectivity index (χ0v) is 7.50. The maximum absolute atomic E-state index is 9.36. The van der Waals surface area contributed by atoms with E-state index in [1.807, 2.05) is 0 Å². The normalized spacial score (nSPS) is 45.5. The van der Waals surface area contributed by atoms with Crippen LogP contribution >= 0.6 is 0 Å². The van der Waals surface area contributed by atoms with Crippen LogP contribution in [0, 0.1) is 17.3 Å². The first kappa shape index (κ1) is 8.52. The van der Waals surface area contributed by atoms with Gasteiger partial charge >= 0.3 is 0 Å². The molecule has 2 fully saturated rings. The monoisotopic (exact) mass is 170 g/mol. The zero-order chi connectivity index (χ0) is 8.60. The average molecular weight is 170 g/mol. The number of hydrogen-bond acceptors (Lipinski definition) is 2. The van der Waals surface area contributed by atoms with Crippen molar-refractivity contribution in [1.82, 2.24) is 0 Å². The molecule has 2 bridgehead atoms. The van der Waals surface area contributed by atoms with Crippen LogP contribution in [0.2, 0.25) is 0 Å². The standard InChI is InChI=1S/C10H18O2/c11-4-3-10(7-12)6-8-1-2-9(10)5-8/h8-9,11-12H,1-7H2. The van der Waals surface area contributed by atoms with Crippen LogP contribution in [0.25, 0.3) is 0 Å². The maximum Gasteiger partial charge on any atom is 0.0491 e. The third-order valence-corrected chi connectivity index (χ3v) is 4.03. The van der Waals surface area contributed by atoms with E-state index in [1.165, 1.54) is 19.3 Å². The summed E-state index contributed by atoms with van der Waals surface area (Å²) in [7, 11) is 0. The van der Waals surface area contributed by atoms with Gasteiger partial charge in [0.1, 0.15) is 0 Å². The third-order valence-electron chi connectivity index (χ3n) is 4.03. The molecule has 2 nitrogen and oxygen atoms in total. The van der Waals surface area contributed by atoms with Gasteiger partial charge in [-0.25, -0.2) is 0 Å². The second-order valence-corrected chi connectivity index (χ2v) is 4.57. The molecule has 3 atom stereocenters. The number of rotatable bonds is 3. The molecule has 70 valence electrons. The second-order valence-electron chi connectivity index (χ2n) is 4.57. The number of fused-ring (bicyclic) bond motifs is 2. The van der Waals surface area contributed by atoms with E-state index in [0.717, 1.165) is 18.8 Å². The van der Waals surface area contributed by atoms with Gasteiger partial charge in [0.15, 0.2) is 0 Å². The van der Waals surface area contributed by atoms with Crippen molar-refractivity contribution in [2.75, 3.05) is 13.2 Å². The van der Waals surface area contributed by atoms with Crippen molar-refractivity contribution in [2.24, 2.45) is 17.3 Å². The molecule has 0 saturated heterocycles. The van der Waals surface area contributed by atoms with E-state index in [9.17, 15) is 5.11 Å². The lowest BCUT2D eigenvalue weighted by molar-refractivity contribution is 0.0390. The summed E-state index contributed by atoms with van der Waals surface area (Å²) in [5.74, 6) is 1.56. The largest absolute Gasteiger partial charge is 0.396 e. The Kier molecular flexibility index (Phi) is 2.13. The molecule has 0 heterocycles. The molecule has 0 radical (unpaired) electrons. The van der Waals surface area contributed by atoms with Crippen LogP contribution in [-0.4, -0.2) is 23.4 Å². The minimum atomic E-state index is 0.109. The molecule has 12 heavy (non-hydrogen) atoms. The highest BCUT2D eigenvalue weighted by Gasteiger charge is 2.49. The predicted octanol–water partition coefficient (Wildman–Crippen LogP) is 1.17. The fourth-order valence-corrected chi connectivity index (χ4v) is 3.36. The molecule has 0 aliphatic heterocycles. The molecule has 0 aromatic rings. The predicted molar refractivity (Wildman–Crippen MR) is 46.7 cm³/mol. The van der Waals surface area contributed by atoms with E-state index >= 15 is 0 Å². The summed E-state index contributed by atoms with van der Waals surface area (Å²) in [6, 6.07) is 0. The van der Waals surface area contributed by atoms with Gasteiger partial charge in [-0.05, 0) is 42.9 Å². The first-order valence-corrected chi connectivity index (χ1v) is 5.02. The smallest absolute Gasteiger partial charge is 0.0491 e. The number of aliphatic hydroxyl groups is 2. The second kappa shape index (κ2) is 3.00. The Morgan fingerprint density at radius 2 is 2.08 bits per heavy atom. The van der Waals surface area contributed by atoms with Gasteiger partial charge in [0.05, 0.1) is 0 Å². The summed E-state index contributed by atoms with van der Waals surface area (Å²) in [5.41, 5.74) is 0.109. The van der Waals surface area contributed by atoms with Crippen molar-refractivity contribution in [3.8, 4) is 0 Å². The summed E-state index contributed by atoms with van der Waals surface area (Å²) in [6.45, 7) is 0.526. The minimum Gasteiger partial charge on any atom is -0.396 e. The molecule has 2 aliphatic carbocycles. The van der Waals surface area contributed by atoms with Gasteiger partial charge in [-0.1, -0.05) is 6.42 Å². The van der Waals surface area contributed by atoms with Crippen molar-refractivity contribution < 1.29 is 10.2 Å². The quantitative estimate of drug-likeness (QED) is 0.667. The Hall–Kier alpha value is -0.0800. The van der Waals surface area contributed by atoms with E-state index in [4.69, 9.17) is 5.11 Å². The van der Waals surface area contributed by atoms with Gasteiger partial charge in [-0.15, -0.1) is 0 Å². The summed E-state index contributed by atoms with van der Waals surface area (Å²) >= 11 is 0. The highest BCUT2D eigenvalue weighted by Crippen LogP contribution is 2.57. The molecule has 0 amide bonds. The Morgan fingerprint density at radius 1 is 1.25 bits per heavy atom. The van der Waals surface area contributed by atoms with Crippen LogP contribution in [0.1, 0.15) is 32.1 Å². The van der Waals surface area contributed by atoms with E-state index in [2.05, 4.69) is 0 Å². The van der Waals surface area contributed by atoms with Crippen molar-refractivity contribution in [2.45, 2.75) is 32.1 Å². The van der Waals surface area contributed by atoms with Crippen molar-refractivity contribution >= 4 is 0 Å². The summed E-state index contributed by atoms with van der Waals surface area (Å²) in [5, 5.41) is 18.3. The fourth-order valence-electron chi connectivity index (χ4n) is 3.36. The minimum absolute atomic E-state index is 0.109. The molecule has 2 heteroatoms. The number of aliphatic hydroxyl groups excluding tert-OH is 2. The van der Waals surface area contributed by atoms with E-state index in [-0.39, 0.29) is 18.6 Å². The number of hydrogen-bond donors (Lipinski definition) is 2. The molecular weight excluding hydrogens is 152 g/mol. The van der Waals surface area contributed by atoms with Crippen molar-refractivity contribution in [1.29, 1.82) is 0 Å². The first-order valence-electron chi connectivity index (χ1n) is 5.02. The molecule has 0 aromatic carbocycles. The van der Waals surface area contributed by atoms with Gasteiger partial charge in [0, 0.05) is 13.2 Å². The Bertz CT molecular complexity index is 169. The van der Waals surface area contributed by atoms with Crippen LogP contribution < -0.4 is 0 Å². The van der Waals surface area contributed by atoms with Gasteiger partial charge in [-0.2, -0.15) is 0 Å². The molecule has 2 saturated carbocycles. The van der Waals surface area contributed by atoms with Gasteiger partial charge in [-0.3, -0.25) is 0 Å². The molecule has 2 aliphatic rings. The lowest BCUT2D eigenvalue weighted by Gasteiger charge is -2.35. The Morgan fingerprint density at radius 3 is 2.50 bits per heavy atom. The maximum atomic E-state index is 9.36. The molecule has 2 N–H and O–H groups in total.